The summed E-state index contributed by atoms with van der Waals surface area (Å²) in [4.78, 5) is 23.9. The number of aryl methyl sites for hydroxylation is 3. The van der Waals surface area contributed by atoms with E-state index in [1.165, 1.54) is 0 Å². The van der Waals surface area contributed by atoms with Crippen molar-refractivity contribution in [1.29, 1.82) is 0 Å². The first-order valence-corrected chi connectivity index (χ1v) is 11.2. The molecule has 1 amide bonds. The molecule has 0 radical (unpaired) electrons. The third-order valence-electron chi connectivity index (χ3n) is 5.87. The van der Waals surface area contributed by atoms with Crippen LogP contribution in [0.15, 0.2) is 66.9 Å². The molecule has 1 aromatic heterocycles. The zero-order valence-electron chi connectivity index (χ0n) is 19.6. The summed E-state index contributed by atoms with van der Waals surface area (Å²) in [5.41, 5.74) is 7.15. The summed E-state index contributed by atoms with van der Waals surface area (Å²) in [6, 6.07) is 19.2. The maximum absolute atomic E-state index is 12.4. The van der Waals surface area contributed by atoms with Gasteiger partial charge in [-0.2, -0.15) is 0 Å². The van der Waals surface area contributed by atoms with Crippen LogP contribution in [-0.2, 0) is 16.1 Å². The quantitative estimate of drug-likeness (QED) is 0.339. The van der Waals surface area contributed by atoms with Crippen LogP contribution < -0.4 is 5.32 Å². The lowest BCUT2D eigenvalue weighted by atomic mass is 10.0. The fourth-order valence-corrected chi connectivity index (χ4v) is 4.34. The second-order valence-electron chi connectivity index (χ2n) is 8.51. The van der Waals surface area contributed by atoms with Crippen molar-refractivity contribution in [2.45, 2.75) is 27.3 Å². The number of fused-ring (bicyclic) bond motifs is 1. The zero-order chi connectivity index (χ0) is 24.2. The summed E-state index contributed by atoms with van der Waals surface area (Å²) in [6.07, 6.45) is 2.01. The number of carboxylic acids is 1. The SMILES string of the molecule is Cc1cc(C)c(NC(=O)COCCn2cc(-c3ccccc3)c3ccc(C(=O)O)cc32)c(C)c1. The van der Waals surface area contributed by atoms with E-state index >= 15 is 0 Å². The monoisotopic (exact) mass is 456 g/mol. The number of aromatic nitrogens is 1. The Hall–Kier alpha value is -3.90. The normalized spacial score (nSPS) is 11.0. The molecule has 174 valence electrons. The van der Waals surface area contributed by atoms with Gasteiger partial charge in [0.1, 0.15) is 6.61 Å². The molecule has 1 heterocycles. The summed E-state index contributed by atoms with van der Waals surface area (Å²) in [5.74, 6) is -1.17. The topological polar surface area (TPSA) is 80.6 Å². The van der Waals surface area contributed by atoms with Crippen molar-refractivity contribution in [3.63, 3.8) is 0 Å². The largest absolute Gasteiger partial charge is 0.478 e. The Morgan fingerprint density at radius 3 is 2.35 bits per heavy atom. The Balaban J connectivity index is 1.46. The molecule has 0 aliphatic carbocycles. The number of hydrogen-bond donors (Lipinski definition) is 2. The minimum Gasteiger partial charge on any atom is -0.478 e. The fraction of sp³-hybridized carbons (Fsp3) is 0.214. The van der Waals surface area contributed by atoms with Crippen molar-refractivity contribution in [3.8, 4) is 11.1 Å². The number of amides is 1. The number of carbonyl (C=O) groups excluding carboxylic acids is 1. The van der Waals surface area contributed by atoms with E-state index in [9.17, 15) is 14.7 Å². The smallest absolute Gasteiger partial charge is 0.335 e. The molecule has 0 bridgehead atoms. The molecule has 0 unspecified atom stereocenters. The summed E-state index contributed by atoms with van der Waals surface area (Å²) >= 11 is 0. The third-order valence-corrected chi connectivity index (χ3v) is 5.87. The van der Waals surface area contributed by atoms with Crippen molar-refractivity contribution in [2.24, 2.45) is 0 Å². The lowest BCUT2D eigenvalue weighted by Gasteiger charge is -2.13. The summed E-state index contributed by atoms with van der Waals surface area (Å²) in [7, 11) is 0. The van der Waals surface area contributed by atoms with E-state index in [4.69, 9.17) is 4.74 Å². The molecule has 0 aliphatic heterocycles. The van der Waals surface area contributed by atoms with Crippen LogP contribution in [0, 0.1) is 20.8 Å². The zero-order valence-corrected chi connectivity index (χ0v) is 19.6. The molecule has 4 rings (SSSR count). The van der Waals surface area contributed by atoms with Gasteiger partial charge < -0.3 is 19.7 Å². The molecule has 34 heavy (non-hydrogen) atoms. The third kappa shape index (κ3) is 5.02. The summed E-state index contributed by atoms with van der Waals surface area (Å²) < 4.78 is 7.65. The van der Waals surface area contributed by atoms with Gasteiger partial charge in [-0.15, -0.1) is 0 Å². The van der Waals surface area contributed by atoms with Gasteiger partial charge in [0.2, 0.25) is 5.91 Å². The highest BCUT2D eigenvalue weighted by atomic mass is 16.5. The van der Waals surface area contributed by atoms with Gasteiger partial charge in [0, 0.05) is 34.9 Å². The van der Waals surface area contributed by atoms with E-state index in [1.807, 2.05) is 80.1 Å². The van der Waals surface area contributed by atoms with Gasteiger partial charge in [0.25, 0.3) is 0 Å². The van der Waals surface area contributed by atoms with Crippen LogP contribution in [0.5, 0.6) is 0 Å². The molecule has 3 aromatic carbocycles. The van der Waals surface area contributed by atoms with Crippen LogP contribution in [0.3, 0.4) is 0 Å². The van der Waals surface area contributed by atoms with Crippen molar-refractivity contribution in [1.82, 2.24) is 4.57 Å². The minimum absolute atomic E-state index is 0.0577. The van der Waals surface area contributed by atoms with Gasteiger partial charge in [0.15, 0.2) is 0 Å². The first-order chi connectivity index (χ1) is 16.3. The van der Waals surface area contributed by atoms with E-state index in [2.05, 4.69) is 5.32 Å². The predicted octanol–water partition coefficient (Wildman–Crippen LogP) is 5.59. The van der Waals surface area contributed by atoms with Crippen LogP contribution in [0.25, 0.3) is 22.0 Å². The van der Waals surface area contributed by atoms with Gasteiger partial charge in [-0.05, 0) is 49.6 Å². The molecule has 6 heteroatoms. The highest BCUT2D eigenvalue weighted by Gasteiger charge is 2.14. The first-order valence-electron chi connectivity index (χ1n) is 11.2. The maximum atomic E-state index is 12.4. The van der Waals surface area contributed by atoms with E-state index in [1.54, 1.807) is 12.1 Å². The number of hydrogen-bond acceptors (Lipinski definition) is 3. The van der Waals surface area contributed by atoms with E-state index in [-0.39, 0.29) is 18.1 Å². The molecule has 4 aromatic rings. The van der Waals surface area contributed by atoms with Gasteiger partial charge in [-0.25, -0.2) is 4.79 Å². The number of ether oxygens (including phenoxy) is 1. The van der Waals surface area contributed by atoms with Crippen molar-refractivity contribution < 1.29 is 19.4 Å². The molecule has 0 saturated carbocycles. The predicted molar refractivity (Wildman–Crippen MR) is 134 cm³/mol. The van der Waals surface area contributed by atoms with E-state index in [0.29, 0.717) is 13.2 Å². The van der Waals surface area contributed by atoms with Crippen molar-refractivity contribution in [2.75, 3.05) is 18.5 Å². The average molecular weight is 457 g/mol. The highest BCUT2D eigenvalue weighted by molar-refractivity contribution is 6.00. The summed E-state index contributed by atoms with van der Waals surface area (Å²) in [6.45, 7) is 6.73. The number of nitrogens with zero attached hydrogens (tertiary/aromatic N) is 1. The number of carboxylic acid groups (broad SMARTS) is 1. The Morgan fingerprint density at radius 2 is 1.68 bits per heavy atom. The van der Waals surface area contributed by atoms with Gasteiger partial charge in [-0.3, -0.25) is 4.79 Å². The summed E-state index contributed by atoms with van der Waals surface area (Å²) in [5, 5.41) is 13.3. The lowest BCUT2D eigenvalue weighted by Crippen LogP contribution is -2.21. The second-order valence-corrected chi connectivity index (χ2v) is 8.51. The maximum Gasteiger partial charge on any atom is 0.335 e. The molecular weight excluding hydrogens is 428 g/mol. The molecule has 6 nitrogen and oxygen atoms in total. The van der Waals surface area contributed by atoms with Gasteiger partial charge >= 0.3 is 5.97 Å². The van der Waals surface area contributed by atoms with Crippen LogP contribution >= 0.6 is 0 Å². The first kappa shape index (κ1) is 23.3. The van der Waals surface area contributed by atoms with Crippen molar-refractivity contribution in [3.05, 3.63) is 89.1 Å². The number of anilines is 1. The van der Waals surface area contributed by atoms with Crippen LogP contribution in [0.4, 0.5) is 5.69 Å². The average Bonchev–Trinajstić information content (AvgIpc) is 3.17. The molecule has 0 fully saturated rings. The fourth-order valence-electron chi connectivity index (χ4n) is 4.34. The van der Waals surface area contributed by atoms with Crippen LogP contribution in [-0.4, -0.2) is 34.8 Å². The number of aromatic carboxylic acids is 1. The molecule has 0 atom stereocenters. The molecule has 0 saturated heterocycles. The second kappa shape index (κ2) is 9.93. The lowest BCUT2D eigenvalue weighted by molar-refractivity contribution is -0.120. The van der Waals surface area contributed by atoms with Crippen LogP contribution in [0.2, 0.25) is 0 Å². The molecule has 0 spiro atoms. The number of rotatable bonds is 8. The Morgan fingerprint density at radius 1 is 0.971 bits per heavy atom. The Labute approximate surface area is 198 Å². The van der Waals surface area contributed by atoms with Gasteiger partial charge in [-0.1, -0.05) is 54.1 Å². The Kier molecular flexibility index (Phi) is 6.80. The highest BCUT2D eigenvalue weighted by Crippen LogP contribution is 2.31. The molecular formula is C28H28N2O4. The molecule has 2 N–H and O–H groups in total. The van der Waals surface area contributed by atoms with E-state index < -0.39 is 5.97 Å². The van der Waals surface area contributed by atoms with E-state index in [0.717, 1.165) is 44.4 Å². The Bertz CT molecular complexity index is 1330. The van der Waals surface area contributed by atoms with Crippen molar-refractivity contribution >= 4 is 28.5 Å². The minimum atomic E-state index is -0.967. The number of carbonyl (C=O) groups is 2. The number of benzene rings is 3. The van der Waals surface area contributed by atoms with Gasteiger partial charge in [0.05, 0.1) is 12.2 Å². The standard InChI is InChI=1S/C28H28N2O4/c1-18-13-19(2)27(20(3)14-18)29-26(31)17-34-12-11-30-16-24(21-7-5-4-6-8-21)23-10-9-22(28(32)33)15-25(23)30/h4-10,13-16H,11-12,17H2,1-3H3,(H,29,31)(H,32,33). The van der Waals surface area contributed by atoms with Crippen LogP contribution in [0.1, 0.15) is 27.0 Å². The molecule has 0 aliphatic rings. The number of nitrogens with one attached hydrogen (secondary N) is 1.